The highest BCUT2D eigenvalue weighted by atomic mass is 19.1. The maximum absolute atomic E-state index is 13.2. The Bertz CT molecular complexity index is 1270. The third-order valence-electron chi connectivity index (χ3n) is 8.70. The van der Waals surface area contributed by atoms with E-state index < -0.39 is 0 Å². The van der Waals surface area contributed by atoms with Crippen LogP contribution in [0.15, 0.2) is 30.6 Å². The molecule has 4 N–H and O–H groups in total. The van der Waals surface area contributed by atoms with Crippen molar-refractivity contribution in [3.8, 4) is 0 Å². The van der Waals surface area contributed by atoms with E-state index in [-0.39, 0.29) is 17.8 Å². The van der Waals surface area contributed by atoms with Gasteiger partial charge in [-0.25, -0.2) is 9.37 Å². The molecule has 208 valence electrons. The van der Waals surface area contributed by atoms with Gasteiger partial charge in [0.1, 0.15) is 5.82 Å². The number of likely N-dealkylation sites (tertiary alicyclic amines) is 1. The zero-order valence-corrected chi connectivity index (χ0v) is 22.5. The first-order chi connectivity index (χ1) is 19.0. The summed E-state index contributed by atoms with van der Waals surface area (Å²) in [5.74, 6) is 1.21. The molecule has 6 rings (SSSR count). The third-order valence-corrected chi connectivity index (χ3v) is 8.70. The van der Waals surface area contributed by atoms with Crippen LogP contribution in [-0.2, 0) is 11.2 Å². The summed E-state index contributed by atoms with van der Waals surface area (Å²) in [6, 6.07) is 7.42. The molecule has 2 aliphatic carbocycles. The van der Waals surface area contributed by atoms with E-state index in [4.69, 9.17) is 20.7 Å². The molecule has 10 heteroatoms. The Kier molecular flexibility index (Phi) is 7.63. The van der Waals surface area contributed by atoms with Crippen molar-refractivity contribution in [2.45, 2.75) is 94.8 Å². The summed E-state index contributed by atoms with van der Waals surface area (Å²) in [7, 11) is 0. The predicted molar refractivity (Wildman–Crippen MR) is 150 cm³/mol. The highest BCUT2D eigenvalue weighted by Crippen LogP contribution is 2.34. The third kappa shape index (κ3) is 6.00. The van der Waals surface area contributed by atoms with Crippen molar-refractivity contribution in [2.75, 3.05) is 23.7 Å². The molecule has 3 aromatic rings. The van der Waals surface area contributed by atoms with Gasteiger partial charge in [-0.3, -0.25) is 4.79 Å². The van der Waals surface area contributed by atoms with E-state index in [1.165, 1.54) is 25.0 Å². The Hall–Kier alpha value is -3.27. The van der Waals surface area contributed by atoms with Crippen LogP contribution in [0.3, 0.4) is 0 Å². The molecular weight excluding hydrogens is 495 g/mol. The summed E-state index contributed by atoms with van der Waals surface area (Å²) in [5, 5.41) is 7.25. The zero-order valence-electron chi connectivity index (χ0n) is 22.5. The first-order valence-corrected chi connectivity index (χ1v) is 14.6. The summed E-state index contributed by atoms with van der Waals surface area (Å²) < 4.78 is 15.5. The molecule has 2 saturated carbocycles. The molecule has 3 heterocycles. The smallest absolute Gasteiger partial charge is 0.227 e. The maximum Gasteiger partial charge on any atom is 0.227 e. The molecular formula is C29H39FN8O. The molecule has 39 heavy (non-hydrogen) atoms. The quantitative estimate of drug-likeness (QED) is 0.411. The van der Waals surface area contributed by atoms with E-state index in [0.717, 1.165) is 73.9 Å². The predicted octanol–water partition coefficient (Wildman–Crippen LogP) is 4.41. The lowest BCUT2D eigenvalue weighted by Crippen LogP contribution is -2.43. The second-order valence-electron chi connectivity index (χ2n) is 11.5. The Morgan fingerprint density at radius 3 is 2.33 bits per heavy atom. The average molecular weight is 535 g/mol. The van der Waals surface area contributed by atoms with Crippen LogP contribution in [0, 0.1) is 5.82 Å². The molecule has 2 aromatic heterocycles. The second kappa shape index (κ2) is 11.5. The number of aromatic nitrogens is 4. The molecule has 0 bridgehead atoms. The van der Waals surface area contributed by atoms with E-state index in [2.05, 4.69) is 15.2 Å². The highest BCUT2D eigenvalue weighted by Gasteiger charge is 2.27. The SMILES string of the molecule is NC1CCC(Nc2nc(NC3CCN(C(=O)Cc4ccc(F)cc4)CC3)c3ncn(C4CCCC4)c3n2)CC1. The van der Waals surface area contributed by atoms with Gasteiger partial charge in [0.15, 0.2) is 17.0 Å². The minimum atomic E-state index is -0.286. The van der Waals surface area contributed by atoms with Gasteiger partial charge in [0, 0.05) is 37.3 Å². The molecule has 0 radical (unpaired) electrons. The van der Waals surface area contributed by atoms with Gasteiger partial charge in [-0.15, -0.1) is 0 Å². The minimum absolute atomic E-state index is 0.0819. The normalized spacial score (nSPS) is 22.9. The van der Waals surface area contributed by atoms with E-state index in [1.54, 1.807) is 12.1 Å². The molecule has 3 aliphatic rings. The van der Waals surface area contributed by atoms with Crippen molar-refractivity contribution in [1.82, 2.24) is 24.4 Å². The molecule has 1 aliphatic heterocycles. The standard InChI is InChI=1S/C29H39FN8O/c30-20-7-5-19(6-8-20)17-25(39)37-15-13-23(14-16-37)33-27-26-28(38(18-32-26)24-3-1-2-4-24)36-29(35-27)34-22-11-9-21(31)10-12-22/h5-8,18,21-24H,1-4,9-17,31H2,(H2,33,34,35,36). The fraction of sp³-hybridized carbons (Fsp3) is 0.586. The van der Waals surface area contributed by atoms with Crippen molar-refractivity contribution in [3.05, 3.63) is 42.0 Å². The number of hydrogen-bond acceptors (Lipinski definition) is 7. The summed E-state index contributed by atoms with van der Waals surface area (Å²) in [6.45, 7) is 1.35. The summed E-state index contributed by atoms with van der Waals surface area (Å²) in [6.07, 6.45) is 12.8. The van der Waals surface area contributed by atoms with Crippen LogP contribution < -0.4 is 16.4 Å². The lowest BCUT2D eigenvalue weighted by molar-refractivity contribution is -0.131. The van der Waals surface area contributed by atoms with Crippen molar-refractivity contribution in [3.63, 3.8) is 0 Å². The molecule has 1 amide bonds. The first-order valence-electron chi connectivity index (χ1n) is 14.6. The van der Waals surface area contributed by atoms with Gasteiger partial charge in [0.2, 0.25) is 11.9 Å². The van der Waals surface area contributed by atoms with Crippen molar-refractivity contribution in [2.24, 2.45) is 5.73 Å². The molecule has 0 atom stereocenters. The Morgan fingerprint density at radius 1 is 0.923 bits per heavy atom. The molecule has 1 aromatic carbocycles. The highest BCUT2D eigenvalue weighted by molar-refractivity contribution is 5.84. The number of nitrogens with one attached hydrogen (secondary N) is 2. The number of piperidine rings is 1. The van der Waals surface area contributed by atoms with Gasteiger partial charge in [0.25, 0.3) is 0 Å². The lowest BCUT2D eigenvalue weighted by atomic mass is 9.92. The number of anilines is 2. The summed E-state index contributed by atoms with van der Waals surface area (Å²) in [4.78, 5) is 29.4. The summed E-state index contributed by atoms with van der Waals surface area (Å²) in [5.41, 5.74) is 8.66. The number of rotatable bonds is 7. The van der Waals surface area contributed by atoms with E-state index >= 15 is 0 Å². The number of halogens is 1. The number of fused-ring (bicyclic) bond motifs is 1. The number of carbonyl (C=O) groups is 1. The van der Waals surface area contributed by atoms with E-state index in [0.29, 0.717) is 43.6 Å². The second-order valence-corrected chi connectivity index (χ2v) is 11.5. The number of imidazole rings is 1. The fourth-order valence-electron chi connectivity index (χ4n) is 6.33. The average Bonchev–Trinajstić information content (AvgIpc) is 3.62. The molecule has 0 unspecified atom stereocenters. The Labute approximate surface area is 228 Å². The van der Waals surface area contributed by atoms with Gasteiger partial charge in [-0.1, -0.05) is 25.0 Å². The molecule has 3 fully saturated rings. The Morgan fingerprint density at radius 2 is 1.62 bits per heavy atom. The largest absolute Gasteiger partial charge is 0.365 e. The van der Waals surface area contributed by atoms with Crippen LogP contribution >= 0.6 is 0 Å². The minimum Gasteiger partial charge on any atom is -0.365 e. The van der Waals surface area contributed by atoms with Gasteiger partial charge < -0.3 is 25.8 Å². The first kappa shape index (κ1) is 26.0. The van der Waals surface area contributed by atoms with Crippen molar-refractivity contribution < 1.29 is 9.18 Å². The van der Waals surface area contributed by atoms with E-state index in [9.17, 15) is 9.18 Å². The summed E-state index contributed by atoms with van der Waals surface area (Å²) >= 11 is 0. The topological polar surface area (TPSA) is 114 Å². The van der Waals surface area contributed by atoms with Crippen LogP contribution in [0.4, 0.5) is 16.2 Å². The van der Waals surface area contributed by atoms with Crippen LogP contribution in [0.25, 0.3) is 11.2 Å². The number of carbonyl (C=O) groups excluding carboxylic acids is 1. The zero-order chi connectivity index (χ0) is 26.8. The van der Waals surface area contributed by atoms with Gasteiger partial charge >= 0.3 is 0 Å². The molecule has 1 saturated heterocycles. The van der Waals surface area contributed by atoms with Crippen LogP contribution in [0.5, 0.6) is 0 Å². The molecule has 9 nitrogen and oxygen atoms in total. The van der Waals surface area contributed by atoms with Gasteiger partial charge in [-0.2, -0.15) is 9.97 Å². The number of benzene rings is 1. The number of nitrogens with two attached hydrogens (primary N) is 1. The number of hydrogen-bond donors (Lipinski definition) is 3. The van der Waals surface area contributed by atoms with E-state index in [1.807, 2.05) is 11.2 Å². The van der Waals surface area contributed by atoms with Gasteiger partial charge in [-0.05, 0) is 69.1 Å². The van der Waals surface area contributed by atoms with Crippen LogP contribution in [0.1, 0.15) is 75.8 Å². The monoisotopic (exact) mass is 534 g/mol. The fourth-order valence-corrected chi connectivity index (χ4v) is 6.33. The van der Waals surface area contributed by atoms with Gasteiger partial charge in [0.05, 0.1) is 12.7 Å². The maximum atomic E-state index is 13.2. The van der Waals surface area contributed by atoms with Crippen molar-refractivity contribution >= 4 is 28.8 Å². The van der Waals surface area contributed by atoms with Crippen molar-refractivity contribution in [1.29, 1.82) is 0 Å². The number of nitrogens with zero attached hydrogens (tertiary/aromatic N) is 5. The van der Waals surface area contributed by atoms with Crippen LogP contribution in [-0.4, -0.2) is 61.5 Å². The lowest BCUT2D eigenvalue weighted by Gasteiger charge is -2.33. The van der Waals surface area contributed by atoms with Crippen LogP contribution in [0.2, 0.25) is 0 Å². The molecule has 0 spiro atoms. The number of amides is 1. The Balaban J connectivity index is 1.15.